The van der Waals surface area contributed by atoms with Gasteiger partial charge in [0.25, 0.3) is 0 Å². The summed E-state index contributed by atoms with van der Waals surface area (Å²) in [5, 5.41) is 11.8. The predicted octanol–water partition coefficient (Wildman–Crippen LogP) is 4.03. The number of aliphatic imine (C=N–C) groups is 1. The second-order valence-corrected chi connectivity index (χ2v) is 8.87. The summed E-state index contributed by atoms with van der Waals surface area (Å²) in [4.78, 5) is 18.2. The molecule has 31 heavy (non-hydrogen) atoms. The van der Waals surface area contributed by atoms with E-state index in [0.29, 0.717) is 18.3 Å². The first-order valence-electron chi connectivity index (χ1n) is 10.4. The molecule has 7 nitrogen and oxygen atoms in total. The van der Waals surface area contributed by atoms with Crippen LogP contribution in [0.4, 0.5) is 4.39 Å². The van der Waals surface area contributed by atoms with Crippen LogP contribution < -0.4 is 5.32 Å². The van der Waals surface area contributed by atoms with E-state index in [1.807, 2.05) is 12.3 Å². The smallest absolute Gasteiger partial charge is 0.176 e. The number of fused-ring (bicyclic) bond motifs is 2. The third kappa shape index (κ3) is 3.30. The van der Waals surface area contributed by atoms with Gasteiger partial charge in [0.05, 0.1) is 29.6 Å². The standard InChI is InChI=1S/C22H20FN7S/c23-19-2-1-18(31-19)13-5-8-25-10-17-20(13)28-22(27-17)21-14-9-15(12-3-6-24-7-4-12)26-11-16(14)29-30-21/h1-2,5,8-9,11-12,24H,3-4,6-7,10H2,(H,27,28)(H,29,30). The van der Waals surface area contributed by atoms with Crippen molar-refractivity contribution in [3.8, 4) is 11.5 Å². The Morgan fingerprint density at radius 3 is 2.87 bits per heavy atom. The number of allylic oxidation sites excluding steroid dienone is 1. The van der Waals surface area contributed by atoms with Crippen LogP contribution in [0.2, 0.25) is 0 Å². The lowest BCUT2D eigenvalue weighted by atomic mass is 9.93. The van der Waals surface area contributed by atoms with Gasteiger partial charge in [-0.15, -0.1) is 11.3 Å². The van der Waals surface area contributed by atoms with E-state index in [4.69, 9.17) is 4.98 Å². The number of nitrogens with zero attached hydrogens (tertiary/aromatic N) is 4. The monoisotopic (exact) mass is 433 g/mol. The predicted molar refractivity (Wildman–Crippen MR) is 120 cm³/mol. The number of aromatic amines is 2. The second-order valence-electron chi connectivity index (χ2n) is 7.84. The number of pyridine rings is 1. The van der Waals surface area contributed by atoms with E-state index in [2.05, 4.69) is 36.5 Å². The van der Waals surface area contributed by atoms with Gasteiger partial charge in [0.1, 0.15) is 5.69 Å². The van der Waals surface area contributed by atoms with Crippen molar-refractivity contribution in [2.45, 2.75) is 25.3 Å². The van der Waals surface area contributed by atoms with E-state index >= 15 is 0 Å². The van der Waals surface area contributed by atoms with Crippen LogP contribution >= 0.6 is 11.3 Å². The van der Waals surface area contributed by atoms with Crippen molar-refractivity contribution in [1.82, 2.24) is 30.5 Å². The minimum absolute atomic E-state index is 0.217. The van der Waals surface area contributed by atoms with Crippen molar-refractivity contribution in [1.29, 1.82) is 0 Å². The molecular formula is C22H20FN7S. The highest BCUT2D eigenvalue weighted by Crippen LogP contribution is 2.34. The number of hydrogen-bond acceptors (Lipinski definition) is 6. The number of thiophene rings is 1. The van der Waals surface area contributed by atoms with E-state index in [0.717, 1.165) is 81.4 Å². The van der Waals surface area contributed by atoms with Gasteiger partial charge in [-0.05, 0) is 50.2 Å². The van der Waals surface area contributed by atoms with Crippen LogP contribution in [0.1, 0.15) is 40.7 Å². The lowest BCUT2D eigenvalue weighted by Crippen LogP contribution is -2.27. The average molecular weight is 434 g/mol. The van der Waals surface area contributed by atoms with Gasteiger partial charge in [0.15, 0.2) is 11.0 Å². The van der Waals surface area contributed by atoms with E-state index in [1.54, 1.807) is 12.3 Å². The molecule has 0 aromatic carbocycles. The summed E-state index contributed by atoms with van der Waals surface area (Å²) in [6.07, 6.45) is 7.68. The van der Waals surface area contributed by atoms with E-state index < -0.39 is 0 Å². The Kier molecular flexibility index (Phi) is 4.50. The summed E-state index contributed by atoms with van der Waals surface area (Å²) in [5.41, 5.74) is 5.30. The summed E-state index contributed by atoms with van der Waals surface area (Å²) in [5.74, 6) is 1.14. The highest BCUT2D eigenvalue weighted by Gasteiger charge is 2.23. The number of halogens is 1. The van der Waals surface area contributed by atoms with Crippen LogP contribution in [-0.2, 0) is 6.54 Å². The molecule has 2 aliphatic heterocycles. The van der Waals surface area contributed by atoms with Crippen molar-refractivity contribution < 1.29 is 4.39 Å². The van der Waals surface area contributed by atoms with Crippen LogP contribution in [0.15, 0.2) is 35.5 Å². The summed E-state index contributed by atoms with van der Waals surface area (Å²) in [7, 11) is 0. The molecular weight excluding hydrogens is 413 g/mol. The Morgan fingerprint density at radius 1 is 1.13 bits per heavy atom. The van der Waals surface area contributed by atoms with Crippen LogP contribution in [0.25, 0.3) is 28.0 Å². The molecule has 0 unspecified atom stereocenters. The van der Waals surface area contributed by atoms with Gasteiger partial charge in [-0.25, -0.2) is 4.98 Å². The topological polar surface area (TPSA) is 94.6 Å². The molecule has 0 saturated carbocycles. The lowest BCUT2D eigenvalue weighted by molar-refractivity contribution is 0.453. The van der Waals surface area contributed by atoms with Gasteiger partial charge >= 0.3 is 0 Å². The second kappa shape index (κ2) is 7.51. The first-order chi connectivity index (χ1) is 15.3. The van der Waals surface area contributed by atoms with Gasteiger partial charge in [0, 0.05) is 33.7 Å². The molecule has 0 aliphatic carbocycles. The van der Waals surface area contributed by atoms with Crippen LogP contribution in [-0.4, -0.2) is 44.5 Å². The number of nitrogens with one attached hydrogen (secondary N) is 3. The van der Waals surface area contributed by atoms with Crippen molar-refractivity contribution in [3.63, 3.8) is 0 Å². The van der Waals surface area contributed by atoms with Crippen LogP contribution in [0.3, 0.4) is 0 Å². The summed E-state index contributed by atoms with van der Waals surface area (Å²) in [6, 6.07) is 5.40. The summed E-state index contributed by atoms with van der Waals surface area (Å²) >= 11 is 1.11. The molecule has 4 aromatic rings. The zero-order valence-corrected chi connectivity index (χ0v) is 17.5. The number of rotatable bonds is 3. The summed E-state index contributed by atoms with van der Waals surface area (Å²) in [6.45, 7) is 2.53. The van der Waals surface area contributed by atoms with Crippen LogP contribution in [0, 0.1) is 5.13 Å². The van der Waals surface area contributed by atoms with Crippen molar-refractivity contribution in [3.05, 3.63) is 57.6 Å². The quantitative estimate of drug-likeness (QED) is 0.455. The highest BCUT2D eigenvalue weighted by atomic mass is 32.1. The third-order valence-corrected chi connectivity index (χ3v) is 6.83. The molecule has 0 bridgehead atoms. The maximum Gasteiger partial charge on any atom is 0.176 e. The fourth-order valence-corrected chi connectivity index (χ4v) is 5.08. The normalized spacial score (nSPS) is 17.0. The van der Waals surface area contributed by atoms with E-state index in [-0.39, 0.29) is 5.13 Å². The van der Waals surface area contributed by atoms with Crippen LogP contribution in [0.5, 0.6) is 0 Å². The fourth-order valence-electron chi connectivity index (χ4n) is 4.32. The van der Waals surface area contributed by atoms with Crippen molar-refractivity contribution in [2.24, 2.45) is 4.99 Å². The van der Waals surface area contributed by atoms with Crippen molar-refractivity contribution in [2.75, 3.05) is 13.1 Å². The largest absolute Gasteiger partial charge is 0.338 e. The van der Waals surface area contributed by atoms with Gasteiger partial charge < -0.3 is 10.3 Å². The molecule has 3 N–H and O–H groups in total. The fraction of sp³-hybridized carbons (Fsp3) is 0.273. The lowest BCUT2D eigenvalue weighted by Gasteiger charge is -2.21. The minimum Gasteiger partial charge on any atom is -0.338 e. The maximum absolute atomic E-state index is 13.7. The first-order valence-corrected chi connectivity index (χ1v) is 11.2. The SMILES string of the molecule is Fc1ccc(C2=CC=NCc3[nH]c(-c4n[nH]c5cnc(C6CCNCC6)cc45)nc32)s1. The maximum atomic E-state index is 13.7. The molecule has 1 fully saturated rings. The van der Waals surface area contributed by atoms with Gasteiger partial charge in [-0.3, -0.25) is 15.1 Å². The molecule has 1 saturated heterocycles. The number of H-pyrrole nitrogens is 2. The van der Waals surface area contributed by atoms with E-state index in [9.17, 15) is 4.39 Å². The van der Waals surface area contributed by atoms with Gasteiger partial charge in [0.2, 0.25) is 0 Å². The Balaban J connectivity index is 1.43. The van der Waals surface area contributed by atoms with Crippen molar-refractivity contribution >= 4 is 34.0 Å². The molecule has 156 valence electrons. The average Bonchev–Trinajstić information content (AvgIpc) is 3.50. The molecule has 6 heterocycles. The zero-order valence-electron chi connectivity index (χ0n) is 16.7. The Hall–Kier alpha value is -3.17. The first kappa shape index (κ1) is 18.6. The highest BCUT2D eigenvalue weighted by molar-refractivity contribution is 7.11. The molecule has 0 spiro atoms. The van der Waals surface area contributed by atoms with E-state index in [1.165, 1.54) is 6.07 Å². The summed E-state index contributed by atoms with van der Waals surface area (Å²) < 4.78 is 13.7. The van der Waals surface area contributed by atoms with Gasteiger partial charge in [-0.1, -0.05) is 0 Å². The molecule has 9 heteroatoms. The number of imidazole rings is 1. The molecule has 0 atom stereocenters. The molecule has 0 amide bonds. The Bertz CT molecular complexity index is 1320. The minimum atomic E-state index is -0.217. The Morgan fingerprint density at radius 2 is 2.03 bits per heavy atom. The molecule has 6 rings (SSSR count). The molecule has 4 aromatic heterocycles. The molecule has 0 radical (unpaired) electrons. The van der Waals surface area contributed by atoms with Gasteiger partial charge in [-0.2, -0.15) is 9.49 Å². The number of aromatic nitrogens is 5. The zero-order chi connectivity index (χ0) is 20.8. The molecule has 2 aliphatic rings. The number of hydrogen-bond donors (Lipinski definition) is 3. The third-order valence-electron chi connectivity index (χ3n) is 5.92. The Labute approximate surface area is 181 Å². The number of piperidine rings is 1.